The molecule has 2 N–H and O–H groups in total. The summed E-state index contributed by atoms with van der Waals surface area (Å²) in [5, 5.41) is 0.785. The number of hydrogen-bond acceptors (Lipinski definition) is 1. The predicted octanol–water partition coefficient (Wildman–Crippen LogP) is 3.14. The third-order valence-electron chi connectivity index (χ3n) is 2.89. The molecule has 1 unspecified atom stereocenters. The van der Waals surface area contributed by atoms with Gasteiger partial charge in [-0.2, -0.15) is 0 Å². The molecular weight excluding hydrogens is 182 g/mol. The second-order valence-corrected chi connectivity index (χ2v) is 4.21. The summed E-state index contributed by atoms with van der Waals surface area (Å²) < 4.78 is 0. The van der Waals surface area contributed by atoms with Crippen molar-refractivity contribution in [2.24, 2.45) is 11.7 Å². The van der Waals surface area contributed by atoms with Gasteiger partial charge in [0, 0.05) is 11.1 Å². The molecule has 2 rings (SSSR count). The van der Waals surface area contributed by atoms with E-state index in [-0.39, 0.29) is 6.04 Å². The van der Waals surface area contributed by atoms with Crippen molar-refractivity contribution in [2.45, 2.75) is 25.3 Å². The lowest BCUT2D eigenvalue weighted by Crippen LogP contribution is -2.26. The minimum absolute atomic E-state index is 0.187. The van der Waals surface area contributed by atoms with Crippen LogP contribution < -0.4 is 5.73 Å². The highest BCUT2D eigenvalue weighted by Crippen LogP contribution is 2.36. The maximum absolute atomic E-state index is 6.11. The molecule has 0 bridgehead atoms. The van der Waals surface area contributed by atoms with Crippen molar-refractivity contribution in [3.63, 3.8) is 0 Å². The Bertz CT molecular complexity index is 294. The van der Waals surface area contributed by atoms with E-state index >= 15 is 0 Å². The summed E-state index contributed by atoms with van der Waals surface area (Å²) >= 11 is 5.90. The zero-order valence-electron chi connectivity index (χ0n) is 7.54. The second kappa shape index (κ2) is 3.69. The number of nitrogens with two attached hydrogens (primary N) is 1. The van der Waals surface area contributed by atoms with Crippen molar-refractivity contribution < 1.29 is 0 Å². The second-order valence-electron chi connectivity index (χ2n) is 3.77. The van der Waals surface area contributed by atoms with Crippen LogP contribution in [-0.2, 0) is 0 Å². The molecule has 0 heterocycles. The summed E-state index contributed by atoms with van der Waals surface area (Å²) in [6, 6.07) is 8.08. The number of halogens is 1. The van der Waals surface area contributed by atoms with Gasteiger partial charge in [-0.05, 0) is 36.5 Å². The third kappa shape index (κ3) is 1.87. The predicted molar refractivity (Wildman–Crippen MR) is 55.7 cm³/mol. The van der Waals surface area contributed by atoms with Crippen LogP contribution in [0.2, 0.25) is 5.02 Å². The van der Waals surface area contributed by atoms with Crippen molar-refractivity contribution in [1.29, 1.82) is 0 Å². The van der Waals surface area contributed by atoms with Gasteiger partial charge < -0.3 is 5.73 Å². The van der Waals surface area contributed by atoms with Crippen LogP contribution in [0.1, 0.15) is 30.9 Å². The largest absolute Gasteiger partial charge is 0.324 e. The van der Waals surface area contributed by atoms with Crippen molar-refractivity contribution in [1.82, 2.24) is 0 Å². The van der Waals surface area contributed by atoms with Gasteiger partial charge in [0.05, 0.1) is 0 Å². The lowest BCUT2D eigenvalue weighted by Gasteiger charge is -2.31. The van der Waals surface area contributed by atoms with Crippen LogP contribution in [0, 0.1) is 5.92 Å². The quantitative estimate of drug-likeness (QED) is 0.771. The molecule has 1 fully saturated rings. The Morgan fingerprint density at radius 2 is 2.15 bits per heavy atom. The van der Waals surface area contributed by atoms with E-state index < -0.39 is 0 Å². The van der Waals surface area contributed by atoms with E-state index in [0.29, 0.717) is 5.92 Å². The van der Waals surface area contributed by atoms with Gasteiger partial charge in [-0.1, -0.05) is 30.2 Å². The molecule has 0 amide bonds. The van der Waals surface area contributed by atoms with E-state index in [1.807, 2.05) is 18.2 Å². The number of rotatable bonds is 2. The van der Waals surface area contributed by atoms with E-state index in [2.05, 4.69) is 6.07 Å². The monoisotopic (exact) mass is 195 g/mol. The fourth-order valence-corrected chi connectivity index (χ4v) is 1.98. The molecule has 13 heavy (non-hydrogen) atoms. The molecule has 0 radical (unpaired) electrons. The van der Waals surface area contributed by atoms with Crippen molar-refractivity contribution in [2.75, 3.05) is 0 Å². The van der Waals surface area contributed by atoms with Gasteiger partial charge in [0.15, 0.2) is 0 Å². The maximum atomic E-state index is 6.11. The van der Waals surface area contributed by atoms with Crippen LogP contribution >= 0.6 is 11.6 Å². The molecule has 1 saturated carbocycles. The summed E-state index contributed by atoms with van der Waals surface area (Å²) in [5.41, 5.74) is 7.29. The van der Waals surface area contributed by atoms with Gasteiger partial charge >= 0.3 is 0 Å². The van der Waals surface area contributed by atoms with Gasteiger partial charge in [0.1, 0.15) is 0 Å². The molecule has 1 aromatic rings. The molecule has 0 aromatic heterocycles. The van der Waals surface area contributed by atoms with Crippen LogP contribution in [0.15, 0.2) is 24.3 Å². The van der Waals surface area contributed by atoms with Crippen molar-refractivity contribution in [3.8, 4) is 0 Å². The highest BCUT2D eigenvalue weighted by molar-refractivity contribution is 6.30. The summed E-state index contributed by atoms with van der Waals surface area (Å²) in [6.45, 7) is 0. The Kier molecular flexibility index (Phi) is 2.56. The molecule has 1 aliphatic carbocycles. The van der Waals surface area contributed by atoms with Crippen LogP contribution in [0.25, 0.3) is 0 Å². The van der Waals surface area contributed by atoms with Crippen molar-refractivity contribution >= 4 is 11.6 Å². The van der Waals surface area contributed by atoms with Crippen LogP contribution in [0.3, 0.4) is 0 Å². The summed E-state index contributed by atoms with van der Waals surface area (Å²) in [7, 11) is 0. The smallest absolute Gasteiger partial charge is 0.0409 e. The minimum Gasteiger partial charge on any atom is -0.324 e. The maximum Gasteiger partial charge on any atom is 0.0409 e. The highest BCUT2D eigenvalue weighted by atomic mass is 35.5. The average molecular weight is 196 g/mol. The molecule has 70 valence electrons. The zero-order chi connectivity index (χ0) is 9.26. The zero-order valence-corrected chi connectivity index (χ0v) is 8.30. The summed E-state index contributed by atoms with van der Waals surface area (Å²) in [4.78, 5) is 0. The minimum atomic E-state index is 0.187. The van der Waals surface area contributed by atoms with E-state index in [0.717, 1.165) is 5.02 Å². The average Bonchev–Trinajstić information content (AvgIpc) is 2.01. The Labute approximate surface area is 83.9 Å². The van der Waals surface area contributed by atoms with Crippen LogP contribution in [-0.4, -0.2) is 0 Å². The lowest BCUT2D eigenvalue weighted by molar-refractivity contribution is 0.264. The fraction of sp³-hybridized carbons (Fsp3) is 0.455. The molecule has 1 nitrogen and oxygen atoms in total. The van der Waals surface area contributed by atoms with E-state index in [9.17, 15) is 0 Å². The highest BCUT2D eigenvalue weighted by Gasteiger charge is 2.25. The summed E-state index contributed by atoms with van der Waals surface area (Å²) in [5.74, 6) is 0.679. The fourth-order valence-electron chi connectivity index (χ4n) is 1.79. The first-order valence-electron chi connectivity index (χ1n) is 4.78. The van der Waals surface area contributed by atoms with Gasteiger partial charge in [-0.15, -0.1) is 0 Å². The molecule has 0 spiro atoms. The molecule has 2 heteroatoms. The topological polar surface area (TPSA) is 26.0 Å². The summed E-state index contributed by atoms with van der Waals surface area (Å²) in [6.07, 6.45) is 3.88. The van der Waals surface area contributed by atoms with E-state index in [4.69, 9.17) is 17.3 Å². The third-order valence-corrected chi connectivity index (χ3v) is 3.13. The van der Waals surface area contributed by atoms with Gasteiger partial charge in [0.2, 0.25) is 0 Å². The Balaban J connectivity index is 2.14. The Hall–Kier alpha value is -0.530. The lowest BCUT2D eigenvalue weighted by atomic mass is 9.78. The Morgan fingerprint density at radius 3 is 2.69 bits per heavy atom. The van der Waals surface area contributed by atoms with E-state index in [1.54, 1.807) is 0 Å². The molecule has 0 aliphatic heterocycles. The van der Waals surface area contributed by atoms with Gasteiger partial charge in [-0.3, -0.25) is 0 Å². The molecule has 1 aliphatic rings. The molecular formula is C11H14ClN. The first kappa shape index (κ1) is 9.04. The molecule has 1 atom stereocenters. The van der Waals surface area contributed by atoms with Crippen molar-refractivity contribution in [3.05, 3.63) is 34.9 Å². The van der Waals surface area contributed by atoms with Crippen LogP contribution in [0.4, 0.5) is 0 Å². The van der Waals surface area contributed by atoms with Crippen LogP contribution in [0.5, 0.6) is 0 Å². The van der Waals surface area contributed by atoms with E-state index in [1.165, 1.54) is 24.8 Å². The van der Waals surface area contributed by atoms with Gasteiger partial charge in [-0.25, -0.2) is 0 Å². The Morgan fingerprint density at radius 1 is 1.38 bits per heavy atom. The van der Waals surface area contributed by atoms with Gasteiger partial charge in [0.25, 0.3) is 0 Å². The molecule has 0 saturated heterocycles. The number of benzene rings is 1. The molecule has 1 aromatic carbocycles. The standard InChI is InChI=1S/C11H14ClN/c12-10-6-2-5-9(7-10)11(13)8-3-1-4-8/h2,5-8,11H,1,3-4,13H2. The first-order chi connectivity index (χ1) is 6.27. The number of hydrogen-bond donors (Lipinski definition) is 1. The normalized spacial score (nSPS) is 19.5. The first-order valence-corrected chi connectivity index (χ1v) is 5.16. The SMILES string of the molecule is NC(c1cccc(Cl)c1)C1CCC1.